The average molecular weight is 485 g/mol. The Kier molecular flexibility index (Phi) is 5.44. The third-order valence-corrected chi connectivity index (χ3v) is 5.98. The van der Waals surface area contributed by atoms with E-state index in [-0.39, 0.29) is 11.7 Å². The van der Waals surface area contributed by atoms with Gasteiger partial charge in [0.05, 0.1) is 20.4 Å². The second-order valence-electron chi connectivity index (χ2n) is 5.09. The van der Waals surface area contributed by atoms with Crippen LogP contribution in [0.5, 0.6) is 5.75 Å². The van der Waals surface area contributed by atoms with Crippen molar-refractivity contribution in [1.29, 1.82) is 0 Å². The van der Waals surface area contributed by atoms with E-state index in [1.807, 2.05) is 30.3 Å². The maximum absolute atomic E-state index is 12.6. The quantitative estimate of drug-likeness (QED) is 0.472. The van der Waals surface area contributed by atoms with Crippen LogP contribution in [0.4, 0.5) is 0 Å². The van der Waals surface area contributed by atoms with E-state index >= 15 is 0 Å². The summed E-state index contributed by atoms with van der Waals surface area (Å²) in [7, 11) is 0. The van der Waals surface area contributed by atoms with Crippen LogP contribution in [0, 0.1) is 0 Å². The summed E-state index contributed by atoms with van der Waals surface area (Å²) in [4.78, 5) is 14.8. The van der Waals surface area contributed by atoms with E-state index in [4.69, 9.17) is 12.2 Å². The molecule has 1 aliphatic heterocycles. The Morgan fingerprint density at radius 2 is 1.79 bits per heavy atom. The Bertz CT molecular complexity index is 830. The number of hydrogen-bond acceptors (Lipinski definition) is 4. The molecular formula is C17H11Br2NO2S2. The van der Waals surface area contributed by atoms with Crippen molar-refractivity contribution >= 4 is 72.1 Å². The summed E-state index contributed by atoms with van der Waals surface area (Å²) < 4.78 is 1.66. The first-order chi connectivity index (χ1) is 11.5. The van der Waals surface area contributed by atoms with Gasteiger partial charge in [0, 0.05) is 0 Å². The molecule has 1 N–H and O–H groups in total. The lowest BCUT2D eigenvalue weighted by Crippen LogP contribution is -2.27. The Balaban J connectivity index is 1.86. The molecule has 3 nitrogen and oxygen atoms in total. The number of phenolic OH excluding ortho intramolecular Hbond substituents is 1. The lowest BCUT2D eigenvalue weighted by atomic mass is 10.2. The number of halogens is 2. The molecule has 1 fully saturated rings. The van der Waals surface area contributed by atoms with Gasteiger partial charge in [-0.2, -0.15) is 0 Å². The first-order valence-electron chi connectivity index (χ1n) is 6.93. The maximum Gasteiger partial charge on any atom is 0.266 e. The van der Waals surface area contributed by atoms with Gasteiger partial charge < -0.3 is 5.11 Å². The lowest BCUT2D eigenvalue weighted by Gasteiger charge is -2.14. The van der Waals surface area contributed by atoms with E-state index < -0.39 is 0 Å². The number of phenols is 1. The van der Waals surface area contributed by atoms with Crippen LogP contribution in [-0.2, 0) is 11.3 Å². The second kappa shape index (κ2) is 7.39. The van der Waals surface area contributed by atoms with E-state index in [0.29, 0.717) is 24.7 Å². The fourth-order valence-corrected chi connectivity index (χ4v) is 4.70. The smallest absolute Gasteiger partial charge is 0.266 e. The summed E-state index contributed by atoms with van der Waals surface area (Å²) >= 11 is 13.2. The highest BCUT2D eigenvalue weighted by atomic mass is 79.9. The molecule has 0 aromatic heterocycles. The van der Waals surface area contributed by atoms with Crippen LogP contribution in [-0.4, -0.2) is 20.2 Å². The normalized spacial score (nSPS) is 16.2. The number of rotatable bonds is 3. The molecule has 2 aromatic rings. The van der Waals surface area contributed by atoms with Crippen LogP contribution in [0.3, 0.4) is 0 Å². The van der Waals surface area contributed by atoms with Crippen LogP contribution in [0.25, 0.3) is 6.08 Å². The van der Waals surface area contributed by atoms with Crippen molar-refractivity contribution in [3.05, 3.63) is 67.4 Å². The van der Waals surface area contributed by atoms with Crippen LogP contribution in [0.1, 0.15) is 11.1 Å². The lowest BCUT2D eigenvalue weighted by molar-refractivity contribution is -0.122. The summed E-state index contributed by atoms with van der Waals surface area (Å²) in [5, 5.41) is 9.78. The number of thiocarbonyl (C=S) groups is 1. The topological polar surface area (TPSA) is 40.5 Å². The van der Waals surface area contributed by atoms with Gasteiger partial charge in [-0.15, -0.1) is 0 Å². The maximum atomic E-state index is 12.6. The number of carbonyl (C=O) groups is 1. The third-order valence-electron chi connectivity index (χ3n) is 3.39. The number of carbonyl (C=O) groups excluding carboxylic acids is 1. The number of benzene rings is 2. The van der Waals surface area contributed by atoms with Crippen LogP contribution in [0.2, 0.25) is 0 Å². The molecule has 7 heteroatoms. The molecule has 0 aliphatic carbocycles. The first kappa shape index (κ1) is 17.7. The number of nitrogens with zero attached hydrogens (tertiary/aromatic N) is 1. The van der Waals surface area contributed by atoms with E-state index in [1.165, 1.54) is 11.8 Å². The molecule has 0 spiro atoms. The minimum Gasteiger partial charge on any atom is -0.506 e. The number of thioether (sulfide) groups is 1. The zero-order valence-corrected chi connectivity index (χ0v) is 17.0. The SMILES string of the molecule is O=C1/C(=C/c2cc(Br)c(O)c(Br)c2)SC(=S)N1Cc1ccccc1. The summed E-state index contributed by atoms with van der Waals surface area (Å²) in [5.41, 5.74) is 1.83. The third kappa shape index (κ3) is 3.74. The molecule has 1 amide bonds. The minimum atomic E-state index is -0.103. The molecule has 3 rings (SSSR count). The van der Waals surface area contributed by atoms with Crippen LogP contribution in [0.15, 0.2) is 56.3 Å². The van der Waals surface area contributed by atoms with Crippen molar-refractivity contribution in [2.45, 2.75) is 6.54 Å². The Morgan fingerprint density at radius 1 is 1.17 bits per heavy atom. The number of hydrogen-bond donors (Lipinski definition) is 1. The molecular weight excluding hydrogens is 474 g/mol. The summed E-state index contributed by atoms with van der Waals surface area (Å²) in [6.45, 7) is 0.464. The van der Waals surface area contributed by atoms with Crippen molar-refractivity contribution in [3.8, 4) is 5.75 Å². The van der Waals surface area contributed by atoms with E-state index in [1.54, 1.807) is 23.1 Å². The van der Waals surface area contributed by atoms with Gasteiger partial charge in [-0.1, -0.05) is 54.3 Å². The molecule has 0 atom stereocenters. The van der Waals surface area contributed by atoms with Crippen LogP contribution < -0.4 is 0 Å². The summed E-state index contributed by atoms with van der Waals surface area (Å²) in [6.07, 6.45) is 1.78. The van der Waals surface area contributed by atoms with Gasteiger partial charge >= 0.3 is 0 Å². The van der Waals surface area contributed by atoms with Crippen molar-refractivity contribution < 1.29 is 9.90 Å². The molecule has 0 saturated carbocycles. The Labute approximate surface area is 166 Å². The van der Waals surface area contributed by atoms with Gasteiger partial charge in [0.2, 0.25) is 0 Å². The molecule has 24 heavy (non-hydrogen) atoms. The Morgan fingerprint density at radius 3 is 2.42 bits per heavy atom. The van der Waals surface area contributed by atoms with Crippen molar-refractivity contribution in [1.82, 2.24) is 4.90 Å². The minimum absolute atomic E-state index is 0.103. The predicted molar refractivity (Wildman–Crippen MR) is 109 cm³/mol. The van der Waals surface area contributed by atoms with Gasteiger partial charge in [0.1, 0.15) is 10.1 Å². The molecule has 0 unspecified atom stereocenters. The van der Waals surface area contributed by atoms with E-state index in [2.05, 4.69) is 31.9 Å². The van der Waals surface area contributed by atoms with E-state index in [0.717, 1.165) is 11.1 Å². The molecule has 122 valence electrons. The van der Waals surface area contributed by atoms with Crippen molar-refractivity contribution in [2.24, 2.45) is 0 Å². The Hall–Kier alpha value is -1.15. The predicted octanol–water partition coefficient (Wildman–Crippen LogP) is 5.32. The zero-order valence-electron chi connectivity index (χ0n) is 12.2. The highest BCUT2D eigenvalue weighted by Crippen LogP contribution is 2.37. The number of aromatic hydroxyl groups is 1. The molecule has 2 aromatic carbocycles. The van der Waals surface area contributed by atoms with Gasteiger partial charge in [0.15, 0.2) is 0 Å². The molecule has 0 radical (unpaired) electrons. The molecule has 1 heterocycles. The second-order valence-corrected chi connectivity index (χ2v) is 8.47. The fraction of sp³-hybridized carbons (Fsp3) is 0.0588. The number of amides is 1. The van der Waals surface area contributed by atoms with Gasteiger partial charge in [-0.25, -0.2) is 0 Å². The molecule has 1 saturated heterocycles. The highest BCUT2D eigenvalue weighted by Gasteiger charge is 2.32. The molecule has 0 bridgehead atoms. The van der Waals surface area contributed by atoms with E-state index in [9.17, 15) is 9.90 Å². The van der Waals surface area contributed by atoms with Crippen molar-refractivity contribution in [2.75, 3.05) is 0 Å². The first-order valence-corrected chi connectivity index (χ1v) is 9.74. The monoisotopic (exact) mass is 483 g/mol. The van der Waals surface area contributed by atoms with Gasteiger partial charge in [-0.05, 0) is 61.2 Å². The summed E-state index contributed by atoms with van der Waals surface area (Å²) in [5.74, 6) is 0.0259. The largest absolute Gasteiger partial charge is 0.506 e. The fourth-order valence-electron chi connectivity index (χ4n) is 2.22. The standard InChI is InChI=1S/C17H11Br2NO2S2/c18-12-6-11(7-13(19)15(12)21)8-14-16(22)20(17(23)24-14)9-10-4-2-1-3-5-10/h1-8,21H,9H2/b14-8-. The average Bonchev–Trinajstić information content (AvgIpc) is 2.81. The zero-order chi connectivity index (χ0) is 17.3. The van der Waals surface area contributed by atoms with Gasteiger partial charge in [-0.3, -0.25) is 9.69 Å². The van der Waals surface area contributed by atoms with Gasteiger partial charge in [0.25, 0.3) is 5.91 Å². The molecule has 1 aliphatic rings. The summed E-state index contributed by atoms with van der Waals surface area (Å²) in [6, 6.07) is 13.3. The highest BCUT2D eigenvalue weighted by molar-refractivity contribution is 9.11. The van der Waals surface area contributed by atoms with Crippen molar-refractivity contribution in [3.63, 3.8) is 0 Å². The van der Waals surface area contributed by atoms with Crippen LogP contribution >= 0.6 is 55.8 Å².